The summed E-state index contributed by atoms with van der Waals surface area (Å²) >= 11 is 1.48. The summed E-state index contributed by atoms with van der Waals surface area (Å²) < 4.78 is 19.1. The maximum absolute atomic E-state index is 13.1. The zero-order valence-corrected chi connectivity index (χ0v) is 17.6. The molecule has 0 aliphatic heterocycles. The second-order valence-corrected chi connectivity index (χ2v) is 7.57. The molecule has 0 unspecified atom stereocenters. The van der Waals surface area contributed by atoms with E-state index >= 15 is 0 Å². The predicted molar refractivity (Wildman–Crippen MR) is 116 cm³/mol. The Morgan fingerprint density at radius 3 is 2.62 bits per heavy atom. The van der Waals surface area contributed by atoms with Gasteiger partial charge in [-0.05, 0) is 47.1 Å². The molecule has 0 bridgehead atoms. The van der Waals surface area contributed by atoms with Gasteiger partial charge in [0, 0.05) is 10.6 Å². The number of anilines is 1. The molecule has 10 nitrogen and oxygen atoms in total. The maximum atomic E-state index is 13.1. The van der Waals surface area contributed by atoms with E-state index in [1.807, 2.05) is 30.3 Å². The molecule has 4 aromatic rings. The Morgan fingerprint density at radius 2 is 1.94 bits per heavy atom. The van der Waals surface area contributed by atoms with E-state index in [2.05, 4.69) is 35.8 Å². The van der Waals surface area contributed by atoms with Gasteiger partial charge in [-0.15, -0.1) is 16.9 Å². The number of nitrogens with zero attached hydrogens (tertiary/aromatic N) is 6. The van der Waals surface area contributed by atoms with Crippen LogP contribution < -0.4 is 11.2 Å². The molecule has 1 amide bonds. The van der Waals surface area contributed by atoms with Crippen LogP contribution in [0.2, 0.25) is 0 Å². The van der Waals surface area contributed by atoms with Crippen molar-refractivity contribution in [2.75, 3.05) is 5.73 Å². The number of nitrogen functional groups attached to an aromatic ring is 1. The van der Waals surface area contributed by atoms with Crippen molar-refractivity contribution in [2.24, 2.45) is 5.10 Å². The first kappa shape index (κ1) is 21.2. The van der Waals surface area contributed by atoms with Gasteiger partial charge in [-0.3, -0.25) is 4.79 Å². The number of hydrogen-bond acceptors (Lipinski definition) is 9. The molecular weight excluding hydrogens is 435 g/mol. The van der Waals surface area contributed by atoms with Crippen molar-refractivity contribution in [3.05, 3.63) is 77.4 Å². The number of hydrogen-bond donors (Lipinski definition) is 2. The van der Waals surface area contributed by atoms with Crippen molar-refractivity contribution in [3.63, 3.8) is 0 Å². The van der Waals surface area contributed by atoms with E-state index in [1.54, 1.807) is 19.1 Å². The van der Waals surface area contributed by atoms with Gasteiger partial charge in [0.1, 0.15) is 5.82 Å². The van der Waals surface area contributed by atoms with Crippen molar-refractivity contribution in [1.29, 1.82) is 0 Å². The molecule has 0 aliphatic carbocycles. The smallest absolute Gasteiger partial charge is 0.293 e. The van der Waals surface area contributed by atoms with Crippen LogP contribution in [-0.2, 0) is 5.75 Å². The van der Waals surface area contributed by atoms with Gasteiger partial charge < -0.3 is 5.73 Å². The van der Waals surface area contributed by atoms with Crippen molar-refractivity contribution >= 4 is 29.2 Å². The minimum Gasteiger partial charge on any atom is -0.378 e. The first-order chi connectivity index (χ1) is 15.5. The number of benzene rings is 2. The highest BCUT2D eigenvalue weighted by Gasteiger charge is 2.24. The Morgan fingerprint density at radius 1 is 1.19 bits per heavy atom. The van der Waals surface area contributed by atoms with E-state index < -0.39 is 5.91 Å². The summed E-state index contributed by atoms with van der Waals surface area (Å²) in [4.78, 5) is 13.8. The Hall–Kier alpha value is -4.06. The average molecular weight is 452 g/mol. The molecule has 0 aliphatic rings. The zero-order valence-electron chi connectivity index (χ0n) is 16.8. The number of aromatic nitrogens is 5. The molecule has 32 heavy (non-hydrogen) atoms. The molecule has 2 heterocycles. The van der Waals surface area contributed by atoms with Crippen LogP contribution in [0.1, 0.15) is 28.7 Å². The molecule has 0 fully saturated rings. The number of hydrazone groups is 1. The largest absolute Gasteiger partial charge is 0.378 e. The number of amides is 1. The van der Waals surface area contributed by atoms with Gasteiger partial charge in [-0.1, -0.05) is 35.5 Å². The fourth-order valence-corrected chi connectivity index (χ4v) is 3.64. The van der Waals surface area contributed by atoms with Gasteiger partial charge in [0.25, 0.3) is 5.91 Å². The minimum absolute atomic E-state index is 0.0120. The normalized spacial score (nSPS) is 11.5. The Kier molecular flexibility index (Phi) is 6.22. The third-order valence-corrected chi connectivity index (χ3v) is 5.40. The van der Waals surface area contributed by atoms with Crippen LogP contribution in [-0.4, -0.2) is 36.9 Å². The third kappa shape index (κ3) is 4.64. The molecule has 0 radical (unpaired) electrons. The summed E-state index contributed by atoms with van der Waals surface area (Å²) in [5.74, 6) is -0.447. The summed E-state index contributed by atoms with van der Waals surface area (Å²) in [6, 6.07) is 15.4. The highest BCUT2D eigenvalue weighted by Crippen LogP contribution is 2.25. The lowest BCUT2D eigenvalue weighted by atomic mass is 10.1. The Bertz CT molecular complexity index is 1250. The highest BCUT2D eigenvalue weighted by atomic mass is 32.2. The molecule has 4 rings (SSSR count). The second kappa shape index (κ2) is 9.39. The lowest BCUT2D eigenvalue weighted by Crippen LogP contribution is -2.21. The van der Waals surface area contributed by atoms with E-state index in [0.29, 0.717) is 22.7 Å². The molecule has 2 aromatic carbocycles. The van der Waals surface area contributed by atoms with Gasteiger partial charge in [-0.2, -0.15) is 9.78 Å². The van der Waals surface area contributed by atoms with Crippen LogP contribution in [0.5, 0.6) is 0 Å². The third-order valence-electron chi connectivity index (χ3n) is 4.38. The number of nitrogens with one attached hydrogen (secondary N) is 1. The van der Waals surface area contributed by atoms with Gasteiger partial charge in [0.05, 0.1) is 11.4 Å². The summed E-state index contributed by atoms with van der Waals surface area (Å²) in [7, 11) is 0. The predicted octanol–water partition coefficient (Wildman–Crippen LogP) is 2.82. The van der Waals surface area contributed by atoms with Crippen LogP contribution in [0, 0.1) is 5.82 Å². The first-order valence-electron chi connectivity index (χ1n) is 9.34. The summed E-state index contributed by atoms with van der Waals surface area (Å²) in [5.41, 5.74) is 9.90. The highest BCUT2D eigenvalue weighted by molar-refractivity contribution is 7.98. The summed E-state index contributed by atoms with van der Waals surface area (Å²) in [6.07, 6.45) is 0. The molecule has 3 N–H and O–H groups in total. The van der Waals surface area contributed by atoms with Gasteiger partial charge in [0.15, 0.2) is 5.69 Å². The molecule has 162 valence electrons. The van der Waals surface area contributed by atoms with E-state index in [4.69, 9.17) is 5.73 Å². The average Bonchev–Trinajstić information content (AvgIpc) is 3.42. The molecular formula is C20H17FN8O2S. The SMILES string of the molecule is C/C(=N\NC(=O)c1nnn(-c2nonc2N)c1CSc1ccccc1)c1ccc(F)cc1. The molecule has 0 saturated heterocycles. The quantitative estimate of drug-likeness (QED) is 0.248. The molecule has 0 spiro atoms. The van der Waals surface area contributed by atoms with E-state index in [-0.39, 0.29) is 23.1 Å². The fourth-order valence-electron chi connectivity index (χ4n) is 2.73. The number of thioether (sulfide) groups is 1. The van der Waals surface area contributed by atoms with E-state index in [0.717, 1.165) is 4.90 Å². The van der Waals surface area contributed by atoms with Crippen LogP contribution in [0.4, 0.5) is 10.2 Å². The number of rotatable bonds is 7. The lowest BCUT2D eigenvalue weighted by molar-refractivity contribution is 0.0949. The van der Waals surface area contributed by atoms with Gasteiger partial charge in [0.2, 0.25) is 11.6 Å². The van der Waals surface area contributed by atoms with E-state index in [1.165, 1.54) is 28.6 Å². The standard InChI is InChI=1S/C20H17FN8O2S/c1-12(13-7-9-14(21)10-8-13)23-25-20(30)17-16(11-32-15-5-3-2-4-6-15)29(28-24-17)19-18(22)26-31-27-19/h2-10H,11H2,1H3,(H2,22,26)(H,25,30)/b23-12+. The molecule has 0 saturated carbocycles. The number of carbonyl (C=O) groups excluding carboxylic acids is 1. The number of halogens is 1. The van der Waals surface area contributed by atoms with Crippen LogP contribution >= 0.6 is 11.8 Å². The fraction of sp³-hybridized carbons (Fsp3) is 0.100. The maximum Gasteiger partial charge on any atom is 0.293 e. The second-order valence-electron chi connectivity index (χ2n) is 6.52. The monoisotopic (exact) mass is 452 g/mol. The zero-order chi connectivity index (χ0) is 22.5. The van der Waals surface area contributed by atoms with E-state index in [9.17, 15) is 9.18 Å². The Labute approximate surface area is 185 Å². The first-order valence-corrected chi connectivity index (χ1v) is 10.3. The van der Waals surface area contributed by atoms with Crippen LogP contribution in [0.3, 0.4) is 0 Å². The van der Waals surface area contributed by atoms with Crippen molar-refractivity contribution in [1.82, 2.24) is 30.7 Å². The van der Waals surface area contributed by atoms with Crippen molar-refractivity contribution in [3.8, 4) is 5.82 Å². The topological polar surface area (TPSA) is 137 Å². The summed E-state index contributed by atoms with van der Waals surface area (Å²) in [6.45, 7) is 1.69. The van der Waals surface area contributed by atoms with Crippen molar-refractivity contribution in [2.45, 2.75) is 17.6 Å². The van der Waals surface area contributed by atoms with Crippen LogP contribution in [0.15, 0.2) is 69.2 Å². The molecule has 2 aromatic heterocycles. The lowest BCUT2D eigenvalue weighted by Gasteiger charge is -2.06. The minimum atomic E-state index is -0.573. The van der Waals surface area contributed by atoms with Crippen LogP contribution in [0.25, 0.3) is 5.82 Å². The number of carbonyl (C=O) groups is 1. The number of nitrogens with two attached hydrogens (primary N) is 1. The Balaban J connectivity index is 1.60. The van der Waals surface area contributed by atoms with Gasteiger partial charge >= 0.3 is 0 Å². The van der Waals surface area contributed by atoms with Gasteiger partial charge in [-0.25, -0.2) is 14.4 Å². The van der Waals surface area contributed by atoms with Crippen molar-refractivity contribution < 1.29 is 13.8 Å². The molecule has 0 atom stereocenters. The molecule has 12 heteroatoms. The summed E-state index contributed by atoms with van der Waals surface area (Å²) in [5, 5.41) is 19.4.